The summed E-state index contributed by atoms with van der Waals surface area (Å²) in [5.74, 6) is 0. The second-order valence-corrected chi connectivity index (χ2v) is 2.54. The molecular weight excluding hydrogens is 118 g/mol. The quantitative estimate of drug-likeness (QED) is 0.489. The lowest BCUT2D eigenvalue weighted by atomic mass is 10.2. The van der Waals surface area contributed by atoms with Crippen LogP contribution in [0.1, 0.15) is 13.3 Å². The molecule has 0 aliphatic carbocycles. The van der Waals surface area contributed by atoms with E-state index in [0.29, 0.717) is 6.54 Å². The van der Waals surface area contributed by atoms with E-state index in [1.165, 1.54) is 0 Å². The highest BCUT2D eigenvalue weighted by molar-refractivity contribution is 5.48. The first kappa shape index (κ1) is 6.55. The summed E-state index contributed by atoms with van der Waals surface area (Å²) in [5.41, 5.74) is 0. The second-order valence-electron chi connectivity index (χ2n) is 2.54. The topological polar surface area (TPSA) is 40.5 Å². The van der Waals surface area contributed by atoms with E-state index < -0.39 is 0 Å². The van der Waals surface area contributed by atoms with Crippen LogP contribution in [0.15, 0.2) is 0 Å². The van der Waals surface area contributed by atoms with Gasteiger partial charge in [-0.3, -0.25) is 4.79 Å². The number of carbonyl (C=O) groups excluding carboxylic acids is 1. The summed E-state index contributed by atoms with van der Waals surface area (Å²) in [4.78, 5) is 11.8. The third-order valence-electron chi connectivity index (χ3n) is 1.74. The number of carbonyl (C=O) groups is 1. The fourth-order valence-electron chi connectivity index (χ4n) is 1.17. The van der Waals surface area contributed by atoms with Crippen LogP contribution >= 0.6 is 0 Å². The molecular formula is C6H11NO2. The second kappa shape index (κ2) is 2.35. The summed E-state index contributed by atoms with van der Waals surface area (Å²) in [6, 6.07) is 0.220. The van der Waals surface area contributed by atoms with Gasteiger partial charge in [-0.05, 0) is 13.3 Å². The Morgan fingerprint density at radius 1 is 1.78 bits per heavy atom. The summed E-state index contributed by atoms with van der Waals surface area (Å²) >= 11 is 0. The Morgan fingerprint density at radius 2 is 2.44 bits per heavy atom. The van der Waals surface area contributed by atoms with Crippen molar-refractivity contribution in [3.63, 3.8) is 0 Å². The Balaban J connectivity index is 2.47. The van der Waals surface area contributed by atoms with Crippen LogP contribution in [0.25, 0.3) is 0 Å². The Bertz CT molecular complexity index is 116. The Labute approximate surface area is 54.3 Å². The molecule has 1 aliphatic rings. The van der Waals surface area contributed by atoms with Crippen molar-refractivity contribution >= 4 is 6.41 Å². The maximum absolute atomic E-state index is 10.2. The van der Waals surface area contributed by atoms with E-state index in [-0.39, 0.29) is 12.1 Å². The lowest BCUT2D eigenvalue weighted by Crippen LogP contribution is -2.25. The van der Waals surface area contributed by atoms with E-state index in [2.05, 4.69) is 0 Å². The number of hydrogen-bond acceptors (Lipinski definition) is 2. The van der Waals surface area contributed by atoms with Crippen LogP contribution in [0.3, 0.4) is 0 Å². The number of hydrogen-bond donors (Lipinski definition) is 1. The molecule has 0 aromatic carbocycles. The standard InChI is InChI=1S/C6H11NO2/c1-5-2-6(9)3-7(5)4-8/h4-6,9H,2-3H2,1H3. The molecule has 1 N–H and O–H groups in total. The molecule has 0 aromatic rings. The van der Waals surface area contributed by atoms with Crippen molar-refractivity contribution in [2.75, 3.05) is 6.54 Å². The highest BCUT2D eigenvalue weighted by atomic mass is 16.3. The predicted molar refractivity (Wildman–Crippen MR) is 32.9 cm³/mol. The average Bonchev–Trinajstić information content (AvgIpc) is 2.10. The van der Waals surface area contributed by atoms with Crippen molar-refractivity contribution < 1.29 is 9.90 Å². The van der Waals surface area contributed by atoms with Gasteiger partial charge in [0.25, 0.3) is 0 Å². The van der Waals surface area contributed by atoms with Gasteiger partial charge in [0, 0.05) is 12.6 Å². The molecule has 0 radical (unpaired) electrons. The normalized spacial score (nSPS) is 35.1. The van der Waals surface area contributed by atoms with Crippen LogP contribution in [0.4, 0.5) is 0 Å². The van der Waals surface area contributed by atoms with Crippen LogP contribution in [0, 0.1) is 0 Å². The van der Waals surface area contributed by atoms with E-state index in [4.69, 9.17) is 5.11 Å². The van der Waals surface area contributed by atoms with Crippen LogP contribution in [-0.4, -0.2) is 35.1 Å². The molecule has 2 atom stereocenters. The van der Waals surface area contributed by atoms with Gasteiger partial charge in [0.1, 0.15) is 0 Å². The molecule has 3 heteroatoms. The molecule has 1 rings (SSSR count). The zero-order chi connectivity index (χ0) is 6.85. The summed E-state index contributed by atoms with van der Waals surface area (Å²) in [7, 11) is 0. The first-order chi connectivity index (χ1) is 4.24. The molecule has 2 unspecified atom stereocenters. The van der Waals surface area contributed by atoms with Gasteiger partial charge in [0.05, 0.1) is 6.10 Å². The number of β-amino-alcohol motifs (C(OH)–C–C–N with tert-alkyl or cyclic N) is 1. The summed E-state index contributed by atoms with van der Waals surface area (Å²) in [5, 5.41) is 9.00. The van der Waals surface area contributed by atoms with Gasteiger partial charge in [0.15, 0.2) is 0 Å². The molecule has 9 heavy (non-hydrogen) atoms. The molecule has 1 aliphatic heterocycles. The fourth-order valence-corrected chi connectivity index (χ4v) is 1.17. The van der Waals surface area contributed by atoms with Crippen molar-refractivity contribution in [1.82, 2.24) is 4.90 Å². The molecule has 0 aromatic heterocycles. The van der Waals surface area contributed by atoms with Crippen molar-refractivity contribution in [2.45, 2.75) is 25.5 Å². The zero-order valence-corrected chi connectivity index (χ0v) is 5.45. The molecule has 52 valence electrons. The average molecular weight is 129 g/mol. The van der Waals surface area contributed by atoms with E-state index in [0.717, 1.165) is 12.8 Å². The minimum atomic E-state index is -0.301. The first-order valence-corrected chi connectivity index (χ1v) is 3.13. The van der Waals surface area contributed by atoms with Gasteiger partial charge < -0.3 is 10.0 Å². The molecule has 0 spiro atoms. The molecule has 1 fully saturated rings. The van der Waals surface area contributed by atoms with E-state index in [1.807, 2.05) is 6.92 Å². The molecule has 0 bridgehead atoms. The number of nitrogens with zero attached hydrogens (tertiary/aromatic N) is 1. The van der Waals surface area contributed by atoms with Gasteiger partial charge in [-0.25, -0.2) is 0 Å². The maximum atomic E-state index is 10.2. The molecule has 3 nitrogen and oxygen atoms in total. The smallest absolute Gasteiger partial charge is 0.210 e. The lowest BCUT2D eigenvalue weighted by Gasteiger charge is -2.12. The summed E-state index contributed by atoms with van der Waals surface area (Å²) < 4.78 is 0. The highest BCUT2D eigenvalue weighted by Crippen LogP contribution is 2.14. The van der Waals surface area contributed by atoms with Gasteiger partial charge in [0.2, 0.25) is 6.41 Å². The minimum absolute atomic E-state index is 0.220. The van der Waals surface area contributed by atoms with Crippen LogP contribution < -0.4 is 0 Å². The highest BCUT2D eigenvalue weighted by Gasteiger charge is 2.25. The van der Waals surface area contributed by atoms with Gasteiger partial charge in [-0.1, -0.05) is 0 Å². The van der Waals surface area contributed by atoms with Gasteiger partial charge in [-0.15, -0.1) is 0 Å². The number of aliphatic hydroxyl groups excluding tert-OH is 1. The number of likely N-dealkylation sites (tertiary alicyclic amines) is 1. The number of amides is 1. The van der Waals surface area contributed by atoms with Gasteiger partial charge >= 0.3 is 0 Å². The van der Waals surface area contributed by atoms with Crippen molar-refractivity contribution in [3.05, 3.63) is 0 Å². The SMILES string of the molecule is CC1CC(O)CN1C=O. The van der Waals surface area contributed by atoms with Crippen molar-refractivity contribution in [2.24, 2.45) is 0 Å². The number of rotatable bonds is 1. The Hall–Kier alpha value is -0.570. The molecule has 1 heterocycles. The first-order valence-electron chi connectivity index (χ1n) is 3.13. The molecule has 0 saturated carbocycles. The predicted octanol–water partition coefficient (Wildman–Crippen LogP) is -0.402. The molecule has 1 amide bonds. The van der Waals surface area contributed by atoms with E-state index in [9.17, 15) is 4.79 Å². The van der Waals surface area contributed by atoms with Crippen LogP contribution in [-0.2, 0) is 4.79 Å². The zero-order valence-electron chi connectivity index (χ0n) is 5.45. The maximum Gasteiger partial charge on any atom is 0.210 e. The third kappa shape index (κ3) is 1.21. The largest absolute Gasteiger partial charge is 0.391 e. The summed E-state index contributed by atoms with van der Waals surface area (Å²) in [6.45, 7) is 2.44. The Morgan fingerprint density at radius 3 is 2.67 bits per heavy atom. The minimum Gasteiger partial charge on any atom is -0.391 e. The lowest BCUT2D eigenvalue weighted by molar-refractivity contribution is -0.118. The van der Waals surface area contributed by atoms with Crippen molar-refractivity contribution in [1.29, 1.82) is 0 Å². The van der Waals surface area contributed by atoms with E-state index in [1.54, 1.807) is 4.90 Å². The van der Waals surface area contributed by atoms with Crippen LogP contribution in [0.2, 0.25) is 0 Å². The summed E-state index contributed by atoms with van der Waals surface area (Å²) in [6.07, 6.45) is 1.21. The third-order valence-corrected chi connectivity index (χ3v) is 1.74. The Kier molecular flexibility index (Phi) is 1.71. The van der Waals surface area contributed by atoms with Crippen LogP contribution in [0.5, 0.6) is 0 Å². The number of aliphatic hydroxyl groups is 1. The van der Waals surface area contributed by atoms with E-state index >= 15 is 0 Å². The van der Waals surface area contributed by atoms with Gasteiger partial charge in [-0.2, -0.15) is 0 Å². The fraction of sp³-hybridized carbons (Fsp3) is 0.833. The monoisotopic (exact) mass is 129 g/mol. The van der Waals surface area contributed by atoms with Crippen molar-refractivity contribution in [3.8, 4) is 0 Å². The molecule has 1 saturated heterocycles.